The first-order valence-electron chi connectivity index (χ1n) is 13.8. The Morgan fingerprint density at radius 3 is 1.20 bits per heavy atom. The van der Waals surface area contributed by atoms with Crippen LogP contribution in [0.3, 0.4) is 0 Å². The van der Waals surface area contributed by atoms with Gasteiger partial charge in [0.05, 0.1) is 18.6 Å². The number of alkyl halides is 4. The van der Waals surface area contributed by atoms with Gasteiger partial charge >= 0.3 is 0 Å². The largest absolute Gasteiger partial charge is 0.491 e. The third-order valence-corrected chi connectivity index (χ3v) is 17.1. The van der Waals surface area contributed by atoms with Crippen LogP contribution in [-0.2, 0) is 0 Å². The second kappa shape index (κ2) is 17.1. The van der Waals surface area contributed by atoms with Gasteiger partial charge in [-0.15, -0.1) is 0 Å². The first-order valence-corrected chi connectivity index (χ1v) is 22.3. The molecular formula is C32H28Br10O2. The normalized spacial score (nSPS) is 15.3. The van der Waals surface area contributed by atoms with E-state index < -0.39 is 0 Å². The topological polar surface area (TPSA) is 18.5 Å². The third kappa shape index (κ3) is 8.39. The molecule has 12 heteroatoms. The van der Waals surface area contributed by atoms with Crippen molar-refractivity contribution in [1.29, 1.82) is 0 Å². The molecule has 4 aromatic rings. The van der Waals surface area contributed by atoms with Crippen LogP contribution in [-0.4, -0.2) is 32.5 Å². The second-order valence-corrected chi connectivity index (χ2v) is 20.2. The maximum absolute atomic E-state index is 6.50. The Bertz CT molecular complexity index is 1540. The predicted octanol–water partition coefficient (Wildman–Crippen LogP) is 15.4. The van der Waals surface area contributed by atoms with Crippen molar-refractivity contribution in [1.82, 2.24) is 0 Å². The number of rotatable bonds is 12. The van der Waals surface area contributed by atoms with Crippen LogP contribution in [0.2, 0.25) is 0 Å². The number of benzene rings is 4. The molecule has 4 unspecified atom stereocenters. The van der Waals surface area contributed by atoms with Crippen molar-refractivity contribution < 1.29 is 9.47 Å². The summed E-state index contributed by atoms with van der Waals surface area (Å²) in [6, 6.07) is 12.8. The van der Waals surface area contributed by atoms with Gasteiger partial charge in [0.25, 0.3) is 0 Å². The quantitative estimate of drug-likeness (QED) is 0.132. The molecule has 0 aromatic heterocycles. The Morgan fingerprint density at radius 2 is 0.864 bits per heavy atom. The van der Waals surface area contributed by atoms with E-state index in [0.717, 1.165) is 72.7 Å². The molecule has 0 saturated heterocycles. The maximum atomic E-state index is 6.50. The number of fused-ring (bicyclic) bond motifs is 2. The minimum Gasteiger partial charge on any atom is -0.491 e. The van der Waals surface area contributed by atoms with Crippen LogP contribution in [0.25, 0.3) is 21.5 Å². The molecule has 0 saturated carbocycles. The Morgan fingerprint density at radius 1 is 0.500 bits per heavy atom. The average Bonchev–Trinajstić information content (AvgIpc) is 2.99. The van der Waals surface area contributed by atoms with Gasteiger partial charge in [-0.25, -0.2) is 0 Å². The molecule has 0 amide bonds. The van der Waals surface area contributed by atoms with Crippen molar-refractivity contribution in [2.75, 3.05) is 13.2 Å². The molecule has 4 aromatic carbocycles. The lowest BCUT2D eigenvalue weighted by atomic mass is 9.86. The SMILES string of the molecule is CCC(Br)C(Br)COc1c(Br)cc(Br)c2c(C(C)c3ccc(Br)c4c(OCC(Br)C(Br)CC)c(Br)cc(Br)c34)ccc(Br)c12. The van der Waals surface area contributed by atoms with Crippen LogP contribution in [0.15, 0.2) is 63.2 Å². The fraction of sp³-hybridized carbons (Fsp3) is 0.375. The molecule has 0 N–H and O–H groups in total. The summed E-state index contributed by atoms with van der Waals surface area (Å²) in [6.45, 7) is 7.62. The van der Waals surface area contributed by atoms with Crippen LogP contribution < -0.4 is 9.47 Å². The lowest BCUT2D eigenvalue weighted by molar-refractivity contribution is 0.318. The predicted molar refractivity (Wildman–Crippen MR) is 224 cm³/mol. The summed E-state index contributed by atoms with van der Waals surface area (Å²) in [5.41, 5.74) is 2.36. The van der Waals surface area contributed by atoms with E-state index >= 15 is 0 Å². The van der Waals surface area contributed by atoms with E-state index in [4.69, 9.17) is 9.47 Å². The van der Waals surface area contributed by atoms with Crippen molar-refractivity contribution in [2.24, 2.45) is 0 Å². The van der Waals surface area contributed by atoms with Gasteiger partial charge in [-0.1, -0.05) is 160 Å². The van der Waals surface area contributed by atoms with Gasteiger partial charge in [0.15, 0.2) is 0 Å². The molecule has 0 heterocycles. The summed E-state index contributed by atoms with van der Waals surface area (Å²) in [6.07, 6.45) is 2.00. The van der Waals surface area contributed by atoms with Crippen LogP contribution in [0.5, 0.6) is 11.5 Å². The molecule has 4 atom stereocenters. The van der Waals surface area contributed by atoms with Gasteiger partial charge in [0.1, 0.15) is 24.7 Å². The summed E-state index contributed by atoms with van der Waals surface area (Å²) in [7, 11) is 0. The fourth-order valence-corrected chi connectivity index (χ4v) is 10.4. The van der Waals surface area contributed by atoms with Crippen molar-refractivity contribution in [2.45, 2.75) is 58.8 Å². The van der Waals surface area contributed by atoms with E-state index in [9.17, 15) is 0 Å². The summed E-state index contributed by atoms with van der Waals surface area (Å²) in [5.74, 6) is 1.66. The molecule has 0 spiro atoms. The van der Waals surface area contributed by atoms with Gasteiger partial charge in [-0.2, -0.15) is 0 Å². The number of hydrogen-bond donors (Lipinski definition) is 0. The maximum Gasteiger partial charge on any atom is 0.142 e. The summed E-state index contributed by atoms with van der Waals surface area (Å²) < 4.78 is 18.7. The second-order valence-electron chi connectivity index (χ2n) is 10.3. The monoisotopic (exact) mass is 1230 g/mol. The average molecular weight is 1240 g/mol. The van der Waals surface area contributed by atoms with Gasteiger partial charge in [-0.3, -0.25) is 0 Å². The highest BCUT2D eigenvalue weighted by Crippen LogP contribution is 2.49. The highest BCUT2D eigenvalue weighted by atomic mass is 79.9. The molecular weight excluding hydrogens is 1220 g/mol. The lowest BCUT2D eigenvalue weighted by Gasteiger charge is -2.24. The van der Waals surface area contributed by atoms with Gasteiger partial charge in [0, 0.05) is 55.0 Å². The highest BCUT2D eigenvalue weighted by molar-refractivity contribution is 9.13. The molecule has 238 valence electrons. The van der Waals surface area contributed by atoms with Crippen molar-refractivity contribution in [3.8, 4) is 11.5 Å². The Hall–Kier alpha value is 1.80. The van der Waals surface area contributed by atoms with Gasteiger partial charge in [-0.05, 0) is 80.1 Å². The van der Waals surface area contributed by atoms with E-state index in [1.165, 1.54) is 11.1 Å². The van der Waals surface area contributed by atoms with Crippen molar-refractivity contribution in [3.05, 3.63) is 74.4 Å². The minimum atomic E-state index is 0.0312. The van der Waals surface area contributed by atoms with Gasteiger partial charge < -0.3 is 9.47 Å². The molecule has 0 radical (unpaired) electrons. The van der Waals surface area contributed by atoms with Crippen LogP contribution in [0.1, 0.15) is 50.7 Å². The summed E-state index contributed by atoms with van der Waals surface area (Å²) >= 11 is 38.1. The third-order valence-electron chi connectivity index (χ3n) is 7.52. The lowest BCUT2D eigenvalue weighted by Crippen LogP contribution is -2.21. The van der Waals surface area contributed by atoms with E-state index in [1.54, 1.807) is 0 Å². The zero-order valence-electron chi connectivity index (χ0n) is 23.8. The molecule has 0 aliphatic rings. The van der Waals surface area contributed by atoms with E-state index in [2.05, 4.69) is 216 Å². The number of halogens is 10. The Kier molecular flexibility index (Phi) is 15.0. The Labute approximate surface area is 343 Å². The molecule has 0 bridgehead atoms. The standard InChI is InChI=1S/C32H28Br10O2/c1-4-17(33)25(41)12-43-31-23(39)10-21(37)27-15(6-8-19(35)29(27)31)14(3)16-7-9-20(36)30-28(16)22(38)11-24(40)32(30)44-13-26(42)18(34)5-2/h6-11,14,17-18,25-26H,4-5,12-13H2,1-3H3. The molecule has 4 rings (SSSR count). The van der Waals surface area contributed by atoms with Crippen LogP contribution >= 0.6 is 159 Å². The molecule has 0 fully saturated rings. The smallest absolute Gasteiger partial charge is 0.142 e. The van der Waals surface area contributed by atoms with E-state index in [0.29, 0.717) is 22.9 Å². The number of hydrogen-bond acceptors (Lipinski definition) is 2. The highest BCUT2D eigenvalue weighted by Gasteiger charge is 2.26. The first-order chi connectivity index (χ1) is 20.8. The van der Waals surface area contributed by atoms with Crippen LogP contribution in [0, 0.1) is 0 Å². The fourth-order valence-electron chi connectivity index (χ4n) is 5.10. The van der Waals surface area contributed by atoms with E-state index in [-0.39, 0.29) is 15.6 Å². The summed E-state index contributed by atoms with van der Waals surface area (Å²) in [5, 5.41) is 4.25. The first kappa shape index (κ1) is 38.6. The summed E-state index contributed by atoms with van der Waals surface area (Å²) in [4.78, 5) is 0.966. The molecule has 44 heavy (non-hydrogen) atoms. The van der Waals surface area contributed by atoms with E-state index in [1.807, 2.05) is 0 Å². The van der Waals surface area contributed by atoms with Crippen LogP contribution in [0.4, 0.5) is 0 Å². The molecule has 0 aliphatic heterocycles. The molecule has 0 aliphatic carbocycles. The van der Waals surface area contributed by atoms with Crippen molar-refractivity contribution in [3.63, 3.8) is 0 Å². The van der Waals surface area contributed by atoms with Crippen molar-refractivity contribution >= 4 is 181 Å². The zero-order chi connectivity index (χ0) is 32.5. The van der Waals surface area contributed by atoms with Gasteiger partial charge in [0.2, 0.25) is 0 Å². The number of ether oxygens (including phenoxy) is 2. The minimum absolute atomic E-state index is 0.0312. The Balaban J connectivity index is 1.88. The molecule has 2 nitrogen and oxygen atoms in total. The zero-order valence-corrected chi connectivity index (χ0v) is 39.6.